The minimum atomic E-state index is -0.820. The lowest BCUT2D eigenvalue weighted by molar-refractivity contribution is -0.121. The van der Waals surface area contributed by atoms with E-state index in [0.29, 0.717) is 23.6 Å². The summed E-state index contributed by atoms with van der Waals surface area (Å²) in [5, 5.41) is 3.42. The first-order valence-corrected chi connectivity index (χ1v) is 6.65. The summed E-state index contributed by atoms with van der Waals surface area (Å²) < 4.78 is 0.743. The van der Waals surface area contributed by atoms with Gasteiger partial charge >= 0.3 is 0 Å². The maximum atomic E-state index is 12.0. The lowest BCUT2D eigenvalue weighted by Gasteiger charge is -2.25. The van der Waals surface area contributed by atoms with E-state index in [2.05, 4.69) is 21.2 Å². The molecule has 0 aliphatic heterocycles. The molecular formula is C12H16BrClN2O. The molecule has 94 valence electrons. The molecule has 17 heavy (non-hydrogen) atoms. The van der Waals surface area contributed by atoms with E-state index in [4.69, 9.17) is 17.3 Å². The third kappa shape index (κ3) is 3.44. The van der Waals surface area contributed by atoms with Gasteiger partial charge in [-0.25, -0.2) is 0 Å². The molecule has 1 aromatic rings. The Morgan fingerprint density at radius 1 is 1.47 bits per heavy atom. The molecule has 1 amide bonds. The van der Waals surface area contributed by atoms with Crippen molar-refractivity contribution in [3.8, 4) is 0 Å². The summed E-state index contributed by atoms with van der Waals surface area (Å²) in [6, 6.07) is 5.20. The van der Waals surface area contributed by atoms with Crippen molar-refractivity contribution in [2.45, 2.75) is 32.2 Å². The Hall–Kier alpha value is -0.580. The largest absolute Gasteiger partial charge is 0.323 e. The first kappa shape index (κ1) is 14.5. The van der Waals surface area contributed by atoms with Crippen molar-refractivity contribution in [1.82, 2.24) is 0 Å². The van der Waals surface area contributed by atoms with E-state index >= 15 is 0 Å². The number of nitrogens with two attached hydrogens (primary N) is 1. The predicted molar refractivity (Wildman–Crippen MR) is 75.3 cm³/mol. The van der Waals surface area contributed by atoms with Crippen LogP contribution in [0.2, 0.25) is 5.02 Å². The fourth-order valence-electron chi connectivity index (χ4n) is 1.41. The molecule has 0 aliphatic rings. The van der Waals surface area contributed by atoms with Gasteiger partial charge in [0.15, 0.2) is 0 Å². The molecule has 1 rings (SSSR count). The summed E-state index contributed by atoms with van der Waals surface area (Å²) in [6.07, 6.45) is 1.20. The van der Waals surface area contributed by atoms with E-state index in [1.54, 1.807) is 18.2 Å². The van der Waals surface area contributed by atoms with Crippen molar-refractivity contribution in [3.05, 3.63) is 27.7 Å². The minimum Gasteiger partial charge on any atom is -0.323 e. The molecule has 0 aromatic heterocycles. The van der Waals surface area contributed by atoms with Gasteiger partial charge in [-0.15, -0.1) is 0 Å². The zero-order valence-corrected chi connectivity index (χ0v) is 12.2. The molecule has 0 fully saturated rings. The normalized spacial score (nSPS) is 11.4. The summed E-state index contributed by atoms with van der Waals surface area (Å²) >= 11 is 9.18. The summed E-state index contributed by atoms with van der Waals surface area (Å²) in [6.45, 7) is 3.81. The molecule has 0 spiro atoms. The maximum Gasteiger partial charge on any atom is 0.244 e. The van der Waals surface area contributed by atoms with Crippen LogP contribution in [0.25, 0.3) is 0 Å². The average molecular weight is 320 g/mol. The van der Waals surface area contributed by atoms with Crippen molar-refractivity contribution in [2.75, 3.05) is 5.32 Å². The van der Waals surface area contributed by atoms with Gasteiger partial charge in [0.25, 0.3) is 0 Å². The molecule has 0 bridgehead atoms. The molecule has 0 atom stereocenters. The van der Waals surface area contributed by atoms with Crippen LogP contribution >= 0.6 is 27.5 Å². The number of anilines is 1. The summed E-state index contributed by atoms with van der Waals surface area (Å²) in [5.74, 6) is -0.175. The molecular weight excluding hydrogens is 304 g/mol. The number of hydrogen-bond donors (Lipinski definition) is 2. The lowest BCUT2D eigenvalue weighted by atomic mass is 9.93. The molecule has 0 heterocycles. The number of hydrogen-bond acceptors (Lipinski definition) is 2. The van der Waals surface area contributed by atoms with Gasteiger partial charge in [-0.3, -0.25) is 4.79 Å². The van der Waals surface area contributed by atoms with Gasteiger partial charge in [0.1, 0.15) is 0 Å². The van der Waals surface area contributed by atoms with Crippen molar-refractivity contribution < 1.29 is 4.79 Å². The number of amides is 1. The zero-order chi connectivity index (χ0) is 13.1. The Labute approximate surface area is 115 Å². The molecule has 0 unspecified atom stereocenters. The van der Waals surface area contributed by atoms with E-state index < -0.39 is 5.54 Å². The molecule has 5 heteroatoms. The molecule has 0 saturated heterocycles. The Balaban J connectivity index is 2.88. The lowest BCUT2D eigenvalue weighted by Crippen LogP contribution is -2.50. The highest BCUT2D eigenvalue weighted by molar-refractivity contribution is 9.10. The highest BCUT2D eigenvalue weighted by atomic mass is 79.9. The average Bonchev–Trinajstić information content (AvgIpc) is 2.31. The van der Waals surface area contributed by atoms with Crippen LogP contribution in [0.5, 0.6) is 0 Å². The van der Waals surface area contributed by atoms with Gasteiger partial charge in [-0.1, -0.05) is 25.4 Å². The molecule has 3 N–H and O–H groups in total. The second-order valence-corrected chi connectivity index (χ2v) is 5.23. The Morgan fingerprint density at radius 3 is 2.53 bits per heavy atom. The fourth-order valence-corrected chi connectivity index (χ4v) is 2.19. The van der Waals surface area contributed by atoms with E-state index in [1.165, 1.54) is 0 Å². The molecule has 0 aliphatic carbocycles. The van der Waals surface area contributed by atoms with E-state index in [-0.39, 0.29) is 5.91 Å². The van der Waals surface area contributed by atoms with Crippen molar-refractivity contribution in [1.29, 1.82) is 0 Å². The van der Waals surface area contributed by atoms with E-state index in [0.717, 1.165) is 4.47 Å². The number of halogens is 2. The quantitative estimate of drug-likeness (QED) is 0.891. The van der Waals surface area contributed by atoms with Crippen LogP contribution in [0, 0.1) is 0 Å². The highest BCUT2D eigenvalue weighted by Crippen LogP contribution is 2.27. The van der Waals surface area contributed by atoms with Crippen LogP contribution in [0.4, 0.5) is 5.69 Å². The minimum absolute atomic E-state index is 0.175. The van der Waals surface area contributed by atoms with Gasteiger partial charge in [-0.05, 0) is 47.0 Å². The topological polar surface area (TPSA) is 55.1 Å². The number of nitrogens with one attached hydrogen (secondary N) is 1. The summed E-state index contributed by atoms with van der Waals surface area (Å²) in [7, 11) is 0. The SMILES string of the molecule is CCC(N)(CC)C(=O)Nc1ccc(Cl)cc1Br. The Morgan fingerprint density at radius 2 is 2.06 bits per heavy atom. The van der Waals surface area contributed by atoms with Crippen LogP contribution in [0.15, 0.2) is 22.7 Å². The van der Waals surface area contributed by atoms with Crippen LogP contribution in [-0.2, 0) is 4.79 Å². The molecule has 0 radical (unpaired) electrons. The van der Waals surface area contributed by atoms with Gasteiger partial charge in [0.2, 0.25) is 5.91 Å². The molecule has 1 aromatic carbocycles. The van der Waals surface area contributed by atoms with E-state index in [1.807, 2.05) is 13.8 Å². The molecule has 3 nitrogen and oxygen atoms in total. The first-order valence-electron chi connectivity index (χ1n) is 5.48. The van der Waals surface area contributed by atoms with Crippen molar-refractivity contribution in [3.63, 3.8) is 0 Å². The van der Waals surface area contributed by atoms with Gasteiger partial charge in [0, 0.05) is 9.50 Å². The predicted octanol–water partition coefficient (Wildman–Crippen LogP) is 3.56. The number of carbonyl (C=O) groups is 1. The van der Waals surface area contributed by atoms with Crippen LogP contribution < -0.4 is 11.1 Å². The van der Waals surface area contributed by atoms with Gasteiger partial charge in [-0.2, -0.15) is 0 Å². The Kier molecular flexibility index (Phi) is 4.98. The van der Waals surface area contributed by atoms with Crippen molar-refractivity contribution in [2.24, 2.45) is 5.73 Å². The second-order valence-electron chi connectivity index (χ2n) is 3.94. The monoisotopic (exact) mass is 318 g/mol. The summed E-state index contributed by atoms with van der Waals surface area (Å²) in [5.41, 5.74) is 5.87. The smallest absolute Gasteiger partial charge is 0.244 e. The number of rotatable bonds is 4. The summed E-state index contributed by atoms with van der Waals surface area (Å²) in [4.78, 5) is 12.0. The fraction of sp³-hybridized carbons (Fsp3) is 0.417. The zero-order valence-electron chi connectivity index (χ0n) is 9.89. The van der Waals surface area contributed by atoms with E-state index in [9.17, 15) is 4.79 Å². The maximum absolute atomic E-state index is 12.0. The highest BCUT2D eigenvalue weighted by Gasteiger charge is 2.30. The van der Waals surface area contributed by atoms with Gasteiger partial charge in [0.05, 0.1) is 11.2 Å². The molecule has 0 saturated carbocycles. The number of benzene rings is 1. The second kappa shape index (κ2) is 5.85. The third-order valence-corrected chi connectivity index (χ3v) is 3.78. The Bertz CT molecular complexity index is 419. The standard InChI is InChI=1S/C12H16BrClN2O/c1-3-12(15,4-2)11(17)16-10-6-5-8(14)7-9(10)13/h5-7H,3-4,15H2,1-2H3,(H,16,17). The van der Waals surface area contributed by atoms with Gasteiger partial charge < -0.3 is 11.1 Å². The first-order chi connectivity index (χ1) is 7.92. The number of carbonyl (C=O) groups excluding carboxylic acids is 1. The van der Waals surface area contributed by atoms with Crippen molar-refractivity contribution >= 4 is 39.1 Å². The third-order valence-electron chi connectivity index (χ3n) is 2.89. The van der Waals surface area contributed by atoms with Crippen LogP contribution in [-0.4, -0.2) is 11.4 Å². The van der Waals surface area contributed by atoms with Crippen LogP contribution in [0.1, 0.15) is 26.7 Å². The van der Waals surface area contributed by atoms with Crippen LogP contribution in [0.3, 0.4) is 0 Å².